The Bertz CT molecular complexity index is 974. The normalized spacial score (nSPS) is 16.0. The zero-order valence-corrected chi connectivity index (χ0v) is 17.4. The number of para-hydroxylation sites is 1. The van der Waals surface area contributed by atoms with Gasteiger partial charge in [0.25, 0.3) is 11.8 Å². The van der Waals surface area contributed by atoms with Crippen molar-refractivity contribution < 1.29 is 23.9 Å². The molecule has 29 heavy (non-hydrogen) atoms. The molecule has 8 heteroatoms. The number of amides is 2. The van der Waals surface area contributed by atoms with Crippen LogP contribution in [0.5, 0.6) is 5.75 Å². The lowest BCUT2D eigenvalue weighted by molar-refractivity contribution is -0.150. The van der Waals surface area contributed by atoms with Crippen LogP contribution >= 0.6 is 15.9 Å². The van der Waals surface area contributed by atoms with Crippen molar-refractivity contribution in [2.45, 2.75) is 20.0 Å². The molecule has 0 radical (unpaired) electrons. The quantitative estimate of drug-likeness (QED) is 0.408. The Hall–Kier alpha value is -3.13. The lowest BCUT2D eigenvalue weighted by Gasteiger charge is -2.15. The standard InChI is InChI=1S/C21H19BrN2O5/c1-3-28-21(27)13(2)29-18-10-9-15(22)11-14(18)12-17-19(25)23-24(20(17)26)16-7-5-4-6-8-16/h4-13H,3H2,1-2H3,(H,23,25)/b17-12-/t13-/m0/s1. The minimum atomic E-state index is -0.845. The van der Waals surface area contributed by atoms with Gasteiger partial charge < -0.3 is 9.47 Å². The summed E-state index contributed by atoms with van der Waals surface area (Å²) in [4.78, 5) is 37.1. The maximum atomic E-state index is 12.8. The fourth-order valence-electron chi connectivity index (χ4n) is 2.71. The predicted octanol–water partition coefficient (Wildman–Crippen LogP) is 3.24. The van der Waals surface area contributed by atoms with Crippen molar-refractivity contribution >= 4 is 45.5 Å². The highest BCUT2D eigenvalue weighted by Crippen LogP contribution is 2.29. The predicted molar refractivity (Wildman–Crippen MR) is 111 cm³/mol. The molecule has 0 saturated carbocycles. The van der Waals surface area contributed by atoms with Crippen LogP contribution in [-0.2, 0) is 19.1 Å². The van der Waals surface area contributed by atoms with Crippen LogP contribution in [0.2, 0.25) is 0 Å². The molecule has 0 aromatic heterocycles. The molecule has 1 saturated heterocycles. The van der Waals surface area contributed by atoms with E-state index < -0.39 is 23.9 Å². The number of benzene rings is 2. The van der Waals surface area contributed by atoms with E-state index in [1.807, 2.05) is 6.07 Å². The first-order valence-electron chi connectivity index (χ1n) is 8.95. The maximum absolute atomic E-state index is 12.8. The van der Waals surface area contributed by atoms with E-state index in [2.05, 4.69) is 21.4 Å². The van der Waals surface area contributed by atoms with E-state index in [1.165, 1.54) is 11.1 Å². The number of carbonyl (C=O) groups is 3. The molecule has 150 valence electrons. The molecule has 2 amide bonds. The number of ether oxygens (including phenoxy) is 2. The van der Waals surface area contributed by atoms with Crippen LogP contribution in [0.15, 0.2) is 58.6 Å². The van der Waals surface area contributed by atoms with Crippen molar-refractivity contribution in [3.63, 3.8) is 0 Å². The van der Waals surface area contributed by atoms with Crippen LogP contribution in [-0.4, -0.2) is 30.5 Å². The molecule has 1 heterocycles. The summed E-state index contributed by atoms with van der Waals surface area (Å²) in [5, 5.41) is 1.19. The van der Waals surface area contributed by atoms with Gasteiger partial charge in [-0.1, -0.05) is 34.1 Å². The molecule has 1 atom stereocenters. The summed E-state index contributed by atoms with van der Waals surface area (Å²) in [5.41, 5.74) is 3.54. The summed E-state index contributed by atoms with van der Waals surface area (Å²) in [6, 6.07) is 13.9. The molecule has 0 spiro atoms. The SMILES string of the molecule is CCOC(=O)[C@H](C)Oc1ccc(Br)cc1/C=C1/C(=O)NN(c2ccccc2)C1=O. The van der Waals surface area contributed by atoms with Gasteiger partial charge in [-0.15, -0.1) is 0 Å². The first-order valence-corrected chi connectivity index (χ1v) is 9.75. The van der Waals surface area contributed by atoms with Crippen LogP contribution in [0.1, 0.15) is 19.4 Å². The minimum absolute atomic E-state index is 0.0411. The Morgan fingerprint density at radius 1 is 1.21 bits per heavy atom. The van der Waals surface area contributed by atoms with E-state index in [0.29, 0.717) is 17.0 Å². The van der Waals surface area contributed by atoms with Crippen LogP contribution in [0.4, 0.5) is 5.69 Å². The summed E-state index contributed by atoms with van der Waals surface area (Å²) in [5.74, 6) is -1.16. The smallest absolute Gasteiger partial charge is 0.347 e. The molecule has 0 unspecified atom stereocenters. The number of halogens is 1. The van der Waals surface area contributed by atoms with Gasteiger partial charge in [0.1, 0.15) is 11.3 Å². The lowest BCUT2D eigenvalue weighted by atomic mass is 10.1. The lowest BCUT2D eigenvalue weighted by Crippen LogP contribution is -2.35. The van der Waals surface area contributed by atoms with Gasteiger partial charge >= 0.3 is 5.97 Å². The van der Waals surface area contributed by atoms with Gasteiger partial charge in [-0.05, 0) is 50.3 Å². The Kier molecular flexibility index (Phi) is 6.33. The van der Waals surface area contributed by atoms with Gasteiger partial charge in [0, 0.05) is 10.0 Å². The van der Waals surface area contributed by atoms with Crippen molar-refractivity contribution in [3.8, 4) is 5.75 Å². The average Bonchev–Trinajstić information content (AvgIpc) is 2.99. The van der Waals surface area contributed by atoms with Crippen LogP contribution in [0.25, 0.3) is 6.08 Å². The first kappa shape index (κ1) is 20.6. The van der Waals surface area contributed by atoms with Crippen molar-refractivity contribution in [1.29, 1.82) is 0 Å². The second kappa shape index (κ2) is 8.91. The Morgan fingerprint density at radius 2 is 1.93 bits per heavy atom. The third-order valence-corrected chi connectivity index (χ3v) is 4.59. The van der Waals surface area contributed by atoms with Crippen LogP contribution < -0.4 is 15.2 Å². The largest absolute Gasteiger partial charge is 0.478 e. The van der Waals surface area contributed by atoms with Crippen molar-refractivity contribution in [2.24, 2.45) is 0 Å². The number of hydrogen-bond acceptors (Lipinski definition) is 5. The van der Waals surface area contributed by atoms with Gasteiger partial charge in [-0.25, -0.2) is 9.80 Å². The molecule has 1 fully saturated rings. The maximum Gasteiger partial charge on any atom is 0.347 e. The highest BCUT2D eigenvalue weighted by molar-refractivity contribution is 9.10. The van der Waals surface area contributed by atoms with E-state index >= 15 is 0 Å². The molecule has 3 rings (SSSR count). The van der Waals surface area contributed by atoms with E-state index in [4.69, 9.17) is 9.47 Å². The van der Waals surface area contributed by atoms with Crippen LogP contribution in [0, 0.1) is 0 Å². The zero-order valence-electron chi connectivity index (χ0n) is 15.8. The summed E-state index contributed by atoms with van der Waals surface area (Å²) in [6.45, 7) is 3.53. The Morgan fingerprint density at radius 3 is 2.62 bits per heavy atom. The fourth-order valence-corrected chi connectivity index (χ4v) is 3.09. The van der Waals surface area contributed by atoms with Crippen molar-refractivity contribution in [2.75, 3.05) is 11.6 Å². The molecule has 2 aromatic rings. The number of nitrogens with one attached hydrogen (secondary N) is 1. The molecular weight excluding hydrogens is 440 g/mol. The number of hydrogen-bond donors (Lipinski definition) is 1. The molecule has 7 nitrogen and oxygen atoms in total. The molecule has 0 bridgehead atoms. The molecule has 1 aliphatic heterocycles. The number of anilines is 1. The summed E-state index contributed by atoms with van der Waals surface area (Å²) in [7, 11) is 0. The molecule has 0 aliphatic carbocycles. The van der Waals surface area contributed by atoms with Crippen molar-refractivity contribution in [3.05, 3.63) is 64.1 Å². The second-order valence-corrected chi connectivity index (χ2v) is 7.09. The summed E-state index contributed by atoms with van der Waals surface area (Å²) in [6.07, 6.45) is 0.598. The van der Waals surface area contributed by atoms with E-state index in [-0.39, 0.29) is 12.2 Å². The van der Waals surface area contributed by atoms with Gasteiger partial charge in [0.2, 0.25) is 0 Å². The second-order valence-electron chi connectivity index (χ2n) is 6.17. The van der Waals surface area contributed by atoms with Gasteiger partial charge in [0.15, 0.2) is 6.10 Å². The van der Waals surface area contributed by atoms with Gasteiger partial charge in [-0.3, -0.25) is 15.0 Å². The summed E-state index contributed by atoms with van der Waals surface area (Å²) >= 11 is 3.37. The number of hydrazine groups is 1. The van der Waals surface area contributed by atoms with E-state index in [9.17, 15) is 14.4 Å². The minimum Gasteiger partial charge on any atom is -0.478 e. The number of nitrogens with zero attached hydrogens (tertiary/aromatic N) is 1. The third kappa shape index (κ3) is 4.65. The highest BCUT2D eigenvalue weighted by atomic mass is 79.9. The molecule has 1 aliphatic rings. The fraction of sp³-hybridized carbons (Fsp3) is 0.190. The summed E-state index contributed by atoms with van der Waals surface area (Å²) < 4.78 is 11.4. The van der Waals surface area contributed by atoms with E-state index in [1.54, 1.807) is 56.3 Å². The monoisotopic (exact) mass is 458 g/mol. The zero-order chi connectivity index (χ0) is 21.0. The van der Waals surface area contributed by atoms with Crippen LogP contribution in [0.3, 0.4) is 0 Å². The van der Waals surface area contributed by atoms with Gasteiger partial charge in [-0.2, -0.15) is 0 Å². The van der Waals surface area contributed by atoms with E-state index in [0.717, 1.165) is 4.47 Å². The average molecular weight is 459 g/mol. The molecule has 2 aromatic carbocycles. The first-order chi connectivity index (χ1) is 13.9. The highest BCUT2D eigenvalue weighted by Gasteiger charge is 2.34. The number of rotatable bonds is 6. The molecule has 1 N–H and O–H groups in total. The Labute approximate surface area is 176 Å². The Balaban J connectivity index is 1.91. The number of carbonyl (C=O) groups excluding carboxylic acids is 3. The molecular formula is C21H19BrN2O5. The number of esters is 1. The third-order valence-electron chi connectivity index (χ3n) is 4.10. The van der Waals surface area contributed by atoms with Crippen molar-refractivity contribution in [1.82, 2.24) is 5.43 Å². The topological polar surface area (TPSA) is 84.9 Å². The van der Waals surface area contributed by atoms with Gasteiger partial charge in [0.05, 0.1) is 12.3 Å².